The molecule has 1 aromatic carbocycles. The van der Waals surface area contributed by atoms with Gasteiger partial charge in [-0.1, -0.05) is 27.7 Å². The van der Waals surface area contributed by atoms with E-state index in [2.05, 4.69) is 39.9 Å². The van der Waals surface area contributed by atoms with E-state index in [-0.39, 0.29) is 22.8 Å². The van der Waals surface area contributed by atoms with E-state index in [1.165, 1.54) is 0 Å². The van der Waals surface area contributed by atoms with E-state index in [9.17, 15) is 4.79 Å². The van der Waals surface area contributed by atoms with Crippen LogP contribution in [-0.4, -0.2) is 17.4 Å². The Kier molecular flexibility index (Phi) is 5.57. The van der Waals surface area contributed by atoms with Gasteiger partial charge in [0.1, 0.15) is 0 Å². The molecule has 1 unspecified atom stereocenters. The maximum atomic E-state index is 12.6. The highest BCUT2D eigenvalue weighted by molar-refractivity contribution is 6.00. The van der Waals surface area contributed by atoms with Crippen molar-refractivity contribution in [3.8, 4) is 0 Å². The van der Waals surface area contributed by atoms with Gasteiger partial charge in [0.25, 0.3) is 0 Å². The molecule has 0 aliphatic heterocycles. The van der Waals surface area contributed by atoms with Crippen molar-refractivity contribution >= 4 is 11.5 Å². The van der Waals surface area contributed by atoms with Crippen molar-refractivity contribution in [3.05, 3.63) is 29.8 Å². The van der Waals surface area contributed by atoms with Gasteiger partial charge in [-0.25, -0.2) is 0 Å². The lowest BCUT2D eigenvalue weighted by Gasteiger charge is -2.36. The summed E-state index contributed by atoms with van der Waals surface area (Å²) in [6, 6.07) is 7.00. The second kappa shape index (κ2) is 6.61. The number of hydrogen-bond acceptors (Lipinski definition) is 3. The van der Waals surface area contributed by atoms with Gasteiger partial charge in [-0.3, -0.25) is 4.79 Å². The molecule has 0 saturated carbocycles. The Hall–Kier alpha value is -1.35. The van der Waals surface area contributed by atoms with Crippen LogP contribution in [0.2, 0.25) is 0 Å². The number of benzene rings is 1. The molecule has 0 aliphatic rings. The molecular weight excluding hydrogens is 260 g/mol. The largest absolute Gasteiger partial charge is 0.399 e. The predicted octanol–water partition coefficient (Wildman–Crippen LogP) is 4.03. The van der Waals surface area contributed by atoms with Crippen molar-refractivity contribution in [1.29, 1.82) is 0 Å². The van der Waals surface area contributed by atoms with Crippen molar-refractivity contribution in [2.24, 2.45) is 5.41 Å². The lowest BCUT2D eigenvalue weighted by atomic mass is 9.81. The third kappa shape index (κ3) is 5.88. The third-order valence-electron chi connectivity index (χ3n) is 3.46. The molecule has 0 aromatic heterocycles. The van der Waals surface area contributed by atoms with Crippen molar-refractivity contribution in [1.82, 2.24) is 5.32 Å². The van der Waals surface area contributed by atoms with E-state index in [4.69, 9.17) is 5.73 Å². The normalized spacial score (nSPS) is 14.0. The van der Waals surface area contributed by atoms with E-state index in [1.54, 1.807) is 24.3 Å². The van der Waals surface area contributed by atoms with E-state index in [0.29, 0.717) is 5.69 Å². The molecule has 0 amide bonds. The zero-order chi connectivity index (χ0) is 16.3. The maximum absolute atomic E-state index is 12.6. The van der Waals surface area contributed by atoms with Crippen molar-refractivity contribution in [2.75, 3.05) is 5.73 Å². The molecule has 0 aliphatic carbocycles. The number of Topliss-reactive ketones (excluding diaryl/α,β-unsaturated/α-hetero) is 1. The fraction of sp³-hybridized carbons (Fsp3) is 0.611. The second-order valence-electron chi connectivity index (χ2n) is 7.71. The molecule has 0 fully saturated rings. The fourth-order valence-corrected chi connectivity index (χ4v) is 3.05. The third-order valence-corrected chi connectivity index (χ3v) is 3.46. The number of anilines is 1. The standard InChI is InChI=1S/C18H30N2O/c1-7-15(20-18(5,6)12-17(2,3)4)16(21)13-8-10-14(19)11-9-13/h8-11,15,20H,7,12,19H2,1-6H3. The first-order chi connectivity index (χ1) is 9.54. The molecule has 3 nitrogen and oxygen atoms in total. The van der Waals surface area contributed by atoms with Crippen LogP contribution in [0, 0.1) is 5.41 Å². The molecule has 21 heavy (non-hydrogen) atoms. The van der Waals surface area contributed by atoms with Crippen molar-refractivity contribution in [3.63, 3.8) is 0 Å². The number of ketones is 1. The summed E-state index contributed by atoms with van der Waals surface area (Å²) in [5.74, 6) is 0.138. The van der Waals surface area contributed by atoms with Crippen LogP contribution < -0.4 is 11.1 Å². The first-order valence-electron chi connectivity index (χ1n) is 7.71. The van der Waals surface area contributed by atoms with E-state index in [0.717, 1.165) is 18.4 Å². The average molecular weight is 290 g/mol. The maximum Gasteiger partial charge on any atom is 0.179 e. The molecule has 0 heterocycles. The van der Waals surface area contributed by atoms with Crippen LogP contribution in [0.15, 0.2) is 24.3 Å². The number of rotatable bonds is 6. The minimum absolute atomic E-state index is 0.0810. The van der Waals surface area contributed by atoms with Crippen LogP contribution in [0.4, 0.5) is 5.69 Å². The molecule has 1 aromatic rings. The van der Waals surface area contributed by atoms with Gasteiger partial charge in [0, 0.05) is 16.8 Å². The molecule has 0 bridgehead atoms. The molecule has 3 heteroatoms. The summed E-state index contributed by atoms with van der Waals surface area (Å²) in [4.78, 5) is 12.6. The zero-order valence-electron chi connectivity index (χ0n) is 14.3. The molecule has 0 radical (unpaired) electrons. The van der Waals surface area contributed by atoms with Crippen LogP contribution >= 0.6 is 0 Å². The first kappa shape index (κ1) is 17.7. The van der Waals surface area contributed by atoms with Gasteiger partial charge in [0.2, 0.25) is 0 Å². The van der Waals surface area contributed by atoms with Gasteiger partial charge in [0.15, 0.2) is 5.78 Å². The summed E-state index contributed by atoms with van der Waals surface area (Å²) in [6.45, 7) is 13.0. The summed E-state index contributed by atoms with van der Waals surface area (Å²) in [6.07, 6.45) is 1.78. The highest BCUT2D eigenvalue weighted by Gasteiger charge is 2.30. The molecule has 118 valence electrons. The summed E-state index contributed by atoms with van der Waals surface area (Å²) in [5.41, 5.74) is 7.22. The highest BCUT2D eigenvalue weighted by atomic mass is 16.1. The molecular formula is C18H30N2O. The lowest BCUT2D eigenvalue weighted by Crippen LogP contribution is -2.50. The highest BCUT2D eigenvalue weighted by Crippen LogP contribution is 2.27. The molecule has 3 N–H and O–H groups in total. The monoisotopic (exact) mass is 290 g/mol. The topological polar surface area (TPSA) is 55.1 Å². The summed E-state index contributed by atoms with van der Waals surface area (Å²) in [7, 11) is 0. The van der Waals surface area contributed by atoms with E-state index >= 15 is 0 Å². The van der Waals surface area contributed by atoms with E-state index in [1.807, 2.05) is 6.92 Å². The Morgan fingerprint density at radius 3 is 2.10 bits per heavy atom. The zero-order valence-corrected chi connectivity index (χ0v) is 14.3. The lowest BCUT2D eigenvalue weighted by molar-refractivity contribution is 0.0906. The van der Waals surface area contributed by atoms with Gasteiger partial charge in [-0.2, -0.15) is 0 Å². The van der Waals surface area contributed by atoms with Crippen LogP contribution in [0.3, 0.4) is 0 Å². The Morgan fingerprint density at radius 2 is 1.67 bits per heavy atom. The van der Waals surface area contributed by atoms with Gasteiger partial charge >= 0.3 is 0 Å². The number of nitrogens with one attached hydrogen (secondary N) is 1. The quantitative estimate of drug-likeness (QED) is 0.614. The smallest absolute Gasteiger partial charge is 0.179 e. The number of hydrogen-bond donors (Lipinski definition) is 2. The Balaban J connectivity index is 2.83. The molecule has 1 rings (SSSR count). The SMILES string of the molecule is CCC(NC(C)(C)CC(C)(C)C)C(=O)c1ccc(N)cc1. The number of carbonyl (C=O) groups excluding carboxylic acids is 1. The Morgan fingerprint density at radius 1 is 1.14 bits per heavy atom. The molecule has 0 saturated heterocycles. The number of nitrogens with two attached hydrogens (primary N) is 1. The van der Waals surface area contributed by atoms with Crippen LogP contribution in [0.25, 0.3) is 0 Å². The minimum Gasteiger partial charge on any atom is -0.399 e. The van der Waals surface area contributed by atoms with Gasteiger partial charge < -0.3 is 11.1 Å². The van der Waals surface area contributed by atoms with E-state index < -0.39 is 0 Å². The van der Waals surface area contributed by atoms with Crippen molar-refractivity contribution < 1.29 is 4.79 Å². The summed E-state index contributed by atoms with van der Waals surface area (Å²) in [5, 5.41) is 3.53. The molecule has 0 spiro atoms. The van der Waals surface area contributed by atoms with Gasteiger partial charge in [-0.05, 0) is 56.4 Å². The fourth-order valence-electron chi connectivity index (χ4n) is 3.05. The van der Waals surface area contributed by atoms with Crippen LogP contribution in [0.1, 0.15) is 64.7 Å². The number of carbonyl (C=O) groups is 1. The average Bonchev–Trinajstić information content (AvgIpc) is 2.33. The predicted molar refractivity (Wildman–Crippen MR) is 90.6 cm³/mol. The summed E-state index contributed by atoms with van der Waals surface area (Å²) >= 11 is 0. The van der Waals surface area contributed by atoms with Crippen molar-refractivity contribution in [2.45, 2.75) is 66.0 Å². The Bertz CT molecular complexity index is 469. The number of nitrogen functional groups attached to an aromatic ring is 1. The van der Waals surface area contributed by atoms with Crippen LogP contribution in [0.5, 0.6) is 0 Å². The Labute approximate surface area is 129 Å². The minimum atomic E-state index is -0.161. The summed E-state index contributed by atoms with van der Waals surface area (Å²) < 4.78 is 0. The van der Waals surface area contributed by atoms with Gasteiger partial charge in [0.05, 0.1) is 6.04 Å². The second-order valence-corrected chi connectivity index (χ2v) is 7.71. The molecule has 1 atom stereocenters. The van der Waals surface area contributed by atoms with Crippen LogP contribution in [-0.2, 0) is 0 Å². The van der Waals surface area contributed by atoms with Gasteiger partial charge in [-0.15, -0.1) is 0 Å². The first-order valence-corrected chi connectivity index (χ1v) is 7.71.